The van der Waals surface area contributed by atoms with E-state index in [2.05, 4.69) is 4.99 Å². The fraction of sp³-hybridized carbons (Fsp3) is 0.143. The van der Waals surface area contributed by atoms with Gasteiger partial charge in [-0.3, -0.25) is 4.79 Å². The number of isocyanates is 1. The zero-order valence-corrected chi connectivity index (χ0v) is 6.64. The molecule has 1 aromatic heterocycles. The van der Waals surface area contributed by atoms with E-state index >= 15 is 0 Å². The Kier molecular flexibility index (Phi) is 2.31. The summed E-state index contributed by atoms with van der Waals surface area (Å²) in [5.74, 6) is -0.515. The van der Waals surface area contributed by atoms with E-state index in [1.54, 1.807) is 12.3 Å². The lowest BCUT2D eigenvalue weighted by Crippen LogP contribution is -1.93. The Balaban J connectivity index is 3.02. The van der Waals surface area contributed by atoms with Crippen molar-refractivity contribution >= 4 is 23.3 Å². The maximum Gasteiger partial charge on any atom is 0.288 e. The van der Waals surface area contributed by atoms with Crippen LogP contribution in [0.3, 0.4) is 0 Å². The van der Waals surface area contributed by atoms with Crippen molar-refractivity contribution in [3.05, 3.63) is 21.9 Å². The number of hydrogen-bond donors (Lipinski definition) is 0. The van der Waals surface area contributed by atoms with Crippen molar-refractivity contribution in [3.8, 4) is 0 Å². The highest BCUT2D eigenvalue weighted by molar-refractivity contribution is 7.08. The van der Waals surface area contributed by atoms with Gasteiger partial charge in [0.05, 0.1) is 5.56 Å². The van der Waals surface area contributed by atoms with E-state index < -0.39 is 5.91 Å². The van der Waals surface area contributed by atoms with Crippen molar-refractivity contribution in [3.63, 3.8) is 0 Å². The first-order valence-electron chi connectivity index (χ1n) is 2.90. The summed E-state index contributed by atoms with van der Waals surface area (Å²) in [5, 5.41) is 3.49. The van der Waals surface area contributed by atoms with Gasteiger partial charge in [-0.1, -0.05) is 0 Å². The highest BCUT2D eigenvalue weighted by Gasteiger charge is 2.07. The summed E-state index contributed by atoms with van der Waals surface area (Å²) in [4.78, 5) is 23.6. The standard InChI is InChI=1S/C7H5NO2S/c1-5-2-11-3-6(5)7(10)8-4-9/h2-3H,1H3. The lowest BCUT2D eigenvalue weighted by Gasteiger charge is -1.87. The Morgan fingerprint density at radius 1 is 1.64 bits per heavy atom. The Bertz CT molecular complexity index is 323. The number of thiophene rings is 1. The molecule has 0 N–H and O–H groups in total. The van der Waals surface area contributed by atoms with Crippen LogP contribution in [0.15, 0.2) is 15.8 Å². The third-order valence-corrected chi connectivity index (χ3v) is 2.09. The van der Waals surface area contributed by atoms with Gasteiger partial charge in [-0.25, -0.2) is 4.79 Å². The minimum Gasteiger partial charge on any atom is -0.266 e. The molecule has 0 aliphatic rings. The van der Waals surface area contributed by atoms with Crippen molar-refractivity contribution in [1.29, 1.82) is 0 Å². The third-order valence-electron chi connectivity index (χ3n) is 1.23. The first-order chi connectivity index (χ1) is 5.25. The largest absolute Gasteiger partial charge is 0.288 e. The van der Waals surface area contributed by atoms with Crippen LogP contribution in [0.5, 0.6) is 0 Å². The van der Waals surface area contributed by atoms with Crippen molar-refractivity contribution in [2.75, 3.05) is 0 Å². The fourth-order valence-corrected chi connectivity index (χ4v) is 1.50. The highest BCUT2D eigenvalue weighted by atomic mass is 32.1. The molecule has 0 unspecified atom stereocenters. The van der Waals surface area contributed by atoms with Crippen LogP contribution in [-0.4, -0.2) is 12.0 Å². The minimum absolute atomic E-state index is 0.485. The molecule has 1 aromatic rings. The summed E-state index contributed by atoms with van der Waals surface area (Å²) < 4.78 is 0. The average Bonchev–Trinajstić information content (AvgIpc) is 2.36. The predicted molar refractivity (Wildman–Crippen MR) is 41.5 cm³/mol. The normalized spacial score (nSPS) is 8.82. The Labute approximate surface area is 67.4 Å². The summed E-state index contributed by atoms with van der Waals surface area (Å²) in [6.45, 7) is 1.80. The number of nitrogens with zero attached hydrogens (tertiary/aromatic N) is 1. The van der Waals surface area contributed by atoms with Crippen molar-refractivity contribution in [1.82, 2.24) is 0 Å². The third kappa shape index (κ3) is 1.61. The average molecular weight is 167 g/mol. The summed E-state index contributed by atoms with van der Waals surface area (Å²) in [6, 6.07) is 0. The Morgan fingerprint density at radius 2 is 2.36 bits per heavy atom. The SMILES string of the molecule is Cc1cscc1C(=O)N=C=O. The van der Waals surface area contributed by atoms with Crippen LogP contribution in [0, 0.1) is 6.92 Å². The molecule has 0 fully saturated rings. The molecule has 1 rings (SSSR count). The van der Waals surface area contributed by atoms with Gasteiger partial charge in [0.25, 0.3) is 5.91 Å². The molecule has 0 saturated carbocycles. The molecule has 0 bridgehead atoms. The molecule has 1 heterocycles. The first-order valence-corrected chi connectivity index (χ1v) is 3.85. The summed E-state index contributed by atoms with van der Waals surface area (Å²) >= 11 is 1.41. The monoisotopic (exact) mass is 167 g/mol. The summed E-state index contributed by atoms with van der Waals surface area (Å²) in [5.41, 5.74) is 1.33. The molecule has 1 amide bonds. The van der Waals surface area contributed by atoms with E-state index in [0.717, 1.165) is 5.56 Å². The second-order valence-electron chi connectivity index (χ2n) is 1.98. The van der Waals surface area contributed by atoms with Crippen LogP contribution in [0.4, 0.5) is 0 Å². The molecule has 0 aromatic carbocycles. The zero-order valence-electron chi connectivity index (χ0n) is 5.83. The van der Waals surface area contributed by atoms with E-state index in [1.165, 1.54) is 17.4 Å². The molecule has 3 nitrogen and oxygen atoms in total. The lowest BCUT2D eigenvalue weighted by molar-refractivity contribution is 0.100. The summed E-state index contributed by atoms with van der Waals surface area (Å²) in [6.07, 6.45) is 1.21. The van der Waals surface area contributed by atoms with Gasteiger partial charge >= 0.3 is 0 Å². The van der Waals surface area contributed by atoms with Gasteiger partial charge in [0.1, 0.15) is 0 Å². The topological polar surface area (TPSA) is 46.5 Å². The first kappa shape index (κ1) is 7.85. The minimum atomic E-state index is -0.515. The quantitative estimate of drug-likeness (QED) is 0.470. The van der Waals surface area contributed by atoms with E-state index in [1.807, 2.05) is 5.38 Å². The summed E-state index contributed by atoms with van der Waals surface area (Å²) in [7, 11) is 0. The van der Waals surface area contributed by atoms with Gasteiger partial charge in [-0.05, 0) is 17.9 Å². The van der Waals surface area contributed by atoms with E-state index in [4.69, 9.17) is 0 Å². The molecule has 0 aliphatic heterocycles. The number of carbonyl (C=O) groups excluding carboxylic acids is 2. The molecule has 0 atom stereocenters. The highest BCUT2D eigenvalue weighted by Crippen LogP contribution is 2.14. The maximum atomic E-state index is 10.9. The predicted octanol–water partition coefficient (Wildman–Crippen LogP) is 1.53. The van der Waals surface area contributed by atoms with Gasteiger partial charge in [0, 0.05) is 5.38 Å². The molecule has 0 aliphatic carbocycles. The van der Waals surface area contributed by atoms with E-state index in [0.29, 0.717) is 5.56 Å². The number of hydrogen-bond acceptors (Lipinski definition) is 3. The van der Waals surface area contributed by atoms with Gasteiger partial charge in [-0.15, -0.1) is 4.99 Å². The van der Waals surface area contributed by atoms with Gasteiger partial charge in [0.2, 0.25) is 6.08 Å². The number of amides is 1. The molecule has 11 heavy (non-hydrogen) atoms. The second kappa shape index (κ2) is 3.23. The molecule has 0 saturated heterocycles. The molecular formula is C7H5NO2S. The second-order valence-corrected chi connectivity index (χ2v) is 2.72. The van der Waals surface area contributed by atoms with Crippen LogP contribution >= 0.6 is 11.3 Å². The fourth-order valence-electron chi connectivity index (χ4n) is 0.681. The van der Waals surface area contributed by atoms with Gasteiger partial charge < -0.3 is 0 Å². The number of aliphatic imine (C=N–C) groups is 1. The van der Waals surface area contributed by atoms with E-state index in [9.17, 15) is 9.59 Å². The molecule has 56 valence electrons. The zero-order chi connectivity index (χ0) is 8.27. The molecule has 0 spiro atoms. The maximum absolute atomic E-state index is 10.9. The smallest absolute Gasteiger partial charge is 0.266 e. The van der Waals surface area contributed by atoms with Crippen molar-refractivity contribution in [2.24, 2.45) is 4.99 Å². The van der Waals surface area contributed by atoms with Crippen LogP contribution in [-0.2, 0) is 4.79 Å². The molecular weight excluding hydrogens is 162 g/mol. The van der Waals surface area contributed by atoms with Crippen LogP contribution < -0.4 is 0 Å². The Hall–Kier alpha value is -1.25. The van der Waals surface area contributed by atoms with Gasteiger partial charge in [-0.2, -0.15) is 11.3 Å². The van der Waals surface area contributed by atoms with Gasteiger partial charge in [0.15, 0.2) is 0 Å². The number of rotatable bonds is 1. The Morgan fingerprint density at radius 3 is 2.82 bits per heavy atom. The van der Waals surface area contributed by atoms with E-state index in [-0.39, 0.29) is 0 Å². The lowest BCUT2D eigenvalue weighted by atomic mass is 10.2. The molecule has 0 radical (unpaired) electrons. The number of carbonyl (C=O) groups is 1. The van der Waals surface area contributed by atoms with Crippen LogP contribution in [0.2, 0.25) is 0 Å². The van der Waals surface area contributed by atoms with Crippen molar-refractivity contribution < 1.29 is 9.59 Å². The van der Waals surface area contributed by atoms with Crippen LogP contribution in [0.1, 0.15) is 15.9 Å². The van der Waals surface area contributed by atoms with Crippen molar-refractivity contribution in [2.45, 2.75) is 6.92 Å². The van der Waals surface area contributed by atoms with Crippen LogP contribution in [0.25, 0.3) is 0 Å². The molecule has 4 heteroatoms. The number of aryl methyl sites for hydroxylation is 1.